The number of aliphatic hydroxyl groups is 2. The van der Waals surface area contributed by atoms with Crippen LogP contribution in [-0.4, -0.2) is 53.2 Å². The number of aliphatic hydroxyl groups excluding tert-OH is 2. The first-order chi connectivity index (χ1) is 10.1. The van der Waals surface area contributed by atoms with Gasteiger partial charge in [0.25, 0.3) is 0 Å². The predicted octanol–water partition coefficient (Wildman–Crippen LogP) is 0.965. The van der Waals surface area contributed by atoms with Crippen molar-refractivity contribution in [3.63, 3.8) is 0 Å². The van der Waals surface area contributed by atoms with E-state index in [0.717, 1.165) is 0 Å². The first-order valence-corrected chi connectivity index (χ1v) is 7.57. The molecule has 1 rings (SSSR count). The summed E-state index contributed by atoms with van der Waals surface area (Å²) < 4.78 is 9.99. The lowest BCUT2D eigenvalue weighted by Gasteiger charge is -2.32. The zero-order valence-corrected chi connectivity index (χ0v) is 13.7. The highest BCUT2D eigenvalue weighted by Gasteiger charge is 2.35. The molecule has 1 saturated carbocycles. The smallest absolute Gasteiger partial charge is 0.407 e. The monoisotopic (exact) mass is 317 g/mol. The minimum atomic E-state index is -0.866. The molecule has 0 heterocycles. The van der Waals surface area contributed by atoms with Gasteiger partial charge in [-0.15, -0.1) is 0 Å². The van der Waals surface area contributed by atoms with Crippen LogP contribution in [0.4, 0.5) is 4.79 Å². The van der Waals surface area contributed by atoms with Crippen molar-refractivity contribution in [1.82, 2.24) is 5.32 Å². The van der Waals surface area contributed by atoms with Gasteiger partial charge in [-0.1, -0.05) is 0 Å². The van der Waals surface area contributed by atoms with E-state index in [4.69, 9.17) is 9.47 Å². The maximum Gasteiger partial charge on any atom is 0.407 e. The van der Waals surface area contributed by atoms with Crippen molar-refractivity contribution in [2.24, 2.45) is 5.92 Å². The third-order valence-corrected chi connectivity index (χ3v) is 3.68. The molecule has 0 aromatic rings. The van der Waals surface area contributed by atoms with Crippen LogP contribution in [0.25, 0.3) is 0 Å². The number of esters is 1. The average molecular weight is 317 g/mol. The summed E-state index contributed by atoms with van der Waals surface area (Å²) in [5.74, 6) is -1.01. The molecule has 0 spiro atoms. The Labute approximate surface area is 131 Å². The minimum absolute atomic E-state index is 0.271. The maximum absolute atomic E-state index is 11.9. The summed E-state index contributed by atoms with van der Waals surface area (Å²) in [4.78, 5) is 23.9. The number of hydrogen-bond acceptors (Lipinski definition) is 6. The van der Waals surface area contributed by atoms with Crippen LogP contribution in [0.15, 0.2) is 0 Å². The second-order valence-corrected chi connectivity index (χ2v) is 6.67. The van der Waals surface area contributed by atoms with E-state index in [9.17, 15) is 19.8 Å². The summed E-state index contributed by atoms with van der Waals surface area (Å²) in [6.45, 7) is 5.26. The first-order valence-electron chi connectivity index (χ1n) is 7.57. The van der Waals surface area contributed by atoms with Crippen LogP contribution in [0, 0.1) is 5.92 Å². The van der Waals surface area contributed by atoms with Crippen LogP contribution in [0.3, 0.4) is 0 Å². The van der Waals surface area contributed by atoms with Gasteiger partial charge < -0.3 is 25.0 Å². The Morgan fingerprint density at radius 1 is 1.05 bits per heavy atom. The fourth-order valence-corrected chi connectivity index (χ4v) is 2.55. The summed E-state index contributed by atoms with van der Waals surface area (Å²) in [5.41, 5.74) is -0.637. The molecule has 1 amide bonds. The lowest BCUT2D eigenvalue weighted by Crippen LogP contribution is -2.48. The number of carbonyl (C=O) groups is 2. The van der Waals surface area contributed by atoms with E-state index in [2.05, 4.69) is 5.32 Å². The molecule has 7 nitrogen and oxygen atoms in total. The number of nitrogens with one attached hydrogen (secondary N) is 1. The van der Waals surface area contributed by atoms with Crippen LogP contribution in [-0.2, 0) is 14.3 Å². The van der Waals surface area contributed by atoms with Gasteiger partial charge in [-0.3, -0.25) is 4.79 Å². The lowest BCUT2D eigenvalue weighted by atomic mass is 9.84. The van der Waals surface area contributed by atoms with E-state index in [1.165, 1.54) is 7.11 Å². The van der Waals surface area contributed by atoms with Crippen molar-refractivity contribution in [3.8, 4) is 0 Å². The summed E-state index contributed by atoms with van der Waals surface area (Å²) in [6.07, 6.45) is -1.09. The molecule has 0 radical (unpaired) electrons. The average Bonchev–Trinajstić information content (AvgIpc) is 2.40. The van der Waals surface area contributed by atoms with Gasteiger partial charge in [0, 0.05) is 6.04 Å². The fourth-order valence-electron chi connectivity index (χ4n) is 2.55. The van der Waals surface area contributed by atoms with E-state index >= 15 is 0 Å². The molecule has 22 heavy (non-hydrogen) atoms. The van der Waals surface area contributed by atoms with Crippen molar-refractivity contribution in [1.29, 1.82) is 0 Å². The number of rotatable bonds is 2. The molecule has 0 saturated heterocycles. The van der Waals surface area contributed by atoms with Gasteiger partial charge in [0.05, 0.1) is 25.2 Å². The molecule has 0 aromatic carbocycles. The van der Waals surface area contributed by atoms with Crippen molar-refractivity contribution in [3.05, 3.63) is 0 Å². The predicted molar refractivity (Wildman–Crippen MR) is 79.1 cm³/mol. The van der Waals surface area contributed by atoms with Crippen LogP contribution in [0.1, 0.15) is 46.5 Å². The third kappa shape index (κ3) is 5.81. The number of hydrogen-bond donors (Lipinski definition) is 3. The second-order valence-electron chi connectivity index (χ2n) is 6.67. The van der Waals surface area contributed by atoms with Crippen LogP contribution in [0.2, 0.25) is 0 Å². The number of methoxy groups -OCH3 is 1. The van der Waals surface area contributed by atoms with E-state index in [1.54, 1.807) is 20.8 Å². The van der Waals surface area contributed by atoms with E-state index in [1.807, 2.05) is 0 Å². The molecule has 7 heteroatoms. The van der Waals surface area contributed by atoms with Crippen LogP contribution >= 0.6 is 0 Å². The highest BCUT2D eigenvalue weighted by Crippen LogP contribution is 2.25. The zero-order chi connectivity index (χ0) is 16.9. The molecule has 1 fully saturated rings. The fraction of sp³-hybridized carbons (Fsp3) is 0.867. The number of carbonyl (C=O) groups excluding carboxylic acids is 2. The molecule has 4 unspecified atom stereocenters. The summed E-state index contributed by atoms with van der Waals surface area (Å²) in [6, 6.07) is -0.496. The number of ether oxygens (including phenoxy) is 2. The van der Waals surface area contributed by atoms with Gasteiger partial charge in [-0.2, -0.15) is 0 Å². The second kappa shape index (κ2) is 7.78. The number of amides is 1. The summed E-state index contributed by atoms with van der Waals surface area (Å²) in [5, 5.41) is 22.2. The third-order valence-electron chi connectivity index (χ3n) is 3.68. The lowest BCUT2D eigenvalue weighted by molar-refractivity contribution is -0.147. The van der Waals surface area contributed by atoms with Crippen LogP contribution < -0.4 is 5.32 Å². The van der Waals surface area contributed by atoms with E-state index in [0.29, 0.717) is 12.8 Å². The van der Waals surface area contributed by atoms with Crippen molar-refractivity contribution < 1.29 is 29.3 Å². The molecule has 1 aliphatic carbocycles. The molecular weight excluding hydrogens is 290 g/mol. The van der Waals surface area contributed by atoms with Gasteiger partial charge >= 0.3 is 12.1 Å². The van der Waals surface area contributed by atoms with E-state index in [-0.39, 0.29) is 12.8 Å². The summed E-state index contributed by atoms with van der Waals surface area (Å²) in [7, 11) is 1.29. The SMILES string of the molecule is COC(=O)C1CCC(O)C(O)CCC1NC(=O)OC(C)(C)C. The Bertz CT molecular complexity index is 392. The van der Waals surface area contributed by atoms with Gasteiger partial charge in [-0.05, 0) is 46.5 Å². The van der Waals surface area contributed by atoms with Gasteiger partial charge in [0.15, 0.2) is 0 Å². The zero-order valence-electron chi connectivity index (χ0n) is 13.7. The summed E-state index contributed by atoms with van der Waals surface area (Å²) >= 11 is 0. The normalized spacial score (nSPS) is 29.9. The molecule has 1 aliphatic rings. The maximum atomic E-state index is 11.9. The Morgan fingerprint density at radius 2 is 1.59 bits per heavy atom. The standard InChI is InChI=1S/C15H27NO6/c1-15(2,3)22-14(20)16-10-6-8-12(18)11(17)7-5-9(10)13(19)21-4/h9-12,17-18H,5-8H2,1-4H3,(H,16,20). The van der Waals surface area contributed by atoms with Crippen molar-refractivity contribution in [2.75, 3.05) is 7.11 Å². The Kier molecular flexibility index (Phi) is 6.62. The largest absolute Gasteiger partial charge is 0.469 e. The highest BCUT2D eigenvalue weighted by molar-refractivity contribution is 5.75. The molecule has 3 N–H and O–H groups in total. The Balaban J connectivity index is 2.79. The Morgan fingerprint density at radius 3 is 2.09 bits per heavy atom. The highest BCUT2D eigenvalue weighted by atomic mass is 16.6. The quantitative estimate of drug-likeness (QED) is 0.655. The molecule has 0 aromatic heterocycles. The van der Waals surface area contributed by atoms with Gasteiger partial charge in [0.1, 0.15) is 5.60 Å². The number of alkyl carbamates (subject to hydrolysis) is 1. The molecule has 4 atom stereocenters. The molecule has 0 aliphatic heterocycles. The van der Waals surface area contributed by atoms with Gasteiger partial charge in [-0.25, -0.2) is 4.79 Å². The molecule has 0 bridgehead atoms. The first kappa shape index (κ1) is 18.7. The topological polar surface area (TPSA) is 105 Å². The van der Waals surface area contributed by atoms with Gasteiger partial charge in [0.2, 0.25) is 0 Å². The molecular formula is C15H27NO6. The van der Waals surface area contributed by atoms with Crippen molar-refractivity contribution in [2.45, 2.75) is 70.3 Å². The van der Waals surface area contributed by atoms with Crippen molar-refractivity contribution >= 4 is 12.1 Å². The van der Waals surface area contributed by atoms with Crippen LogP contribution in [0.5, 0.6) is 0 Å². The Hall–Kier alpha value is -1.34. The molecule has 128 valence electrons. The minimum Gasteiger partial charge on any atom is -0.469 e. The van der Waals surface area contributed by atoms with E-state index < -0.39 is 41.8 Å².